The maximum Gasteiger partial charge on any atom is 0.364 e. The minimum absolute atomic E-state index is 0.0523. The highest BCUT2D eigenvalue weighted by Gasteiger charge is 2.67. The van der Waals surface area contributed by atoms with Crippen LogP contribution in [0.1, 0.15) is 69.4 Å². The summed E-state index contributed by atoms with van der Waals surface area (Å²) in [4.78, 5) is 0. The van der Waals surface area contributed by atoms with E-state index < -0.39 is 13.7 Å². The predicted molar refractivity (Wildman–Crippen MR) is 229 cm³/mol. The predicted octanol–water partition coefficient (Wildman–Crippen LogP) is 11.1. The third kappa shape index (κ3) is 4.75. The first-order valence-electron chi connectivity index (χ1n) is 19.9. The minimum Gasteiger partial charge on any atom is -0.455 e. The molecule has 0 saturated carbocycles. The number of benzene rings is 5. The summed E-state index contributed by atoms with van der Waals surface area (Å²) < 4.78 is 14.9. The van der Waals surface area contributed by atoms with Gasteiger partial charge in [-0.3, -0.25) is 0 Å². The number of para-hydroxylation sites is 3. The fourth-order valence-electron chi connectivity index (χ4n) is 9.78. The number of nitrogens with zero attached hydrogens (tertiary/aromatic N) is 3. The molecule has 0 N–H and O–H groups in total. The third-order valence-corrected chi connectivity index (χ3v) is 14.2. The van der Waals surface area contributed by atoms with E-state index in [0.29, 0.717) is 0 Å². The van der Waals surface area contributed by atoms with E-state index in [1.807, 2.05) is 0 Å². The van der Waals surface area contributed by atoms with Gasteiger partial charge in [0.05, 0.1) is 24.8 Å². The van der Waals surface area contributed by atoms with Crippen LogP contribution in [0.5, 0.6) is 0 Å². The zero-order valence-corrected chi connectivity index (χ0v) is 34.9. The Morgan fingerprint density at radius 1 is 0.745 bits per heavy atom. The van der Waals surface area contributed by atoms with Crippen LogP contribution in [0, 0.1) is 12.3 Å². The molecule has 0 aliphatic carbocycles. The molecule has 0 radical (unpaired) electrons. The first kappa shape index (κ1) is 34.2. The minimum atomic E-state index is -1.83. The number of fused-ring (bicyclic) bond motifs is 16. The molecule has 8 aromatic rings. The van der Waals surface area contributed by atoms with Gasteiger partial charge in [0.2, 0.25) is 5.69 Å². The largest absolute Gasteiger partial charge is 0.455 e. The molecule has 1 unspecified atom stereocenters. The highest BCUT2D eigenvalue weighted by molar-refractivity contribution is 6.89. The summed E-state index contributed by atoms with van der Waals surface area (Å²) in [7, 11) is -1.83. The van der Waals surface area contributed by atoms with Crippen LogP contribution in [0.3, 0.4) is 0 Å². The van der Waals surface area contributed by atoms with E-state index >= 15 is 0 Å². The van der Waals surface area contributed by atoms with Crippen molar-refractivity contribution >= 4 is 46.2 Å². The number of pyridine rings is 1. The number of hydrogen-bond donors (Lipinski definition) is 0. The summed E-state index contributed by atoms with van der Waals surface area (Å²) in [5, 5.41) is 3.82. The van der Waals surface area contributed by atoms with Crippen molar-refractivity contribution in [1.29, 1.82) is 0 Å². The van der Waals surface area contributed by atoms with Crippen molar-refractivity contribution in [2.24, 2.45) is 5.41 Å². The molecular weight excluding hydrogens is 687 g/mol. The number of furan rings is 1. The zero-order chi connectivity index (χ0) is 38.4. The van der Waals surface area contributed by atoms with Crippen LogP contribution in [-0.4, -0.2) is 12.6 Å². The van der Waals surface area contributed by atoms with Crippen molar-refractivity contribution in [3.63, 3.8) is 0 Å². The van der Waals surface area contributed by atoms with Crippen molar-refractivity contribution in [3.8, 4) is 28.3 Å². The molecule has 1 spiro atoms. The summed E-state index contributed by atoms with van der Waals surface area (Å²) in [5.74, 6) is 1.14. The molecule has 1 atom stereocenters. The standard InChI is InChI=1S/C50H51N3OSi/c1-31-19-24-37-39(27-31)50(51-30-44(55(8,9)10)32(28-42(37)51)29-48(2,3)4)38-26-25-36-35-15-11-14-18-43(35)54-46(36)45(38)47-52(40-16-12-13-17-41(40)53(47)50)34-22-20-33(21-23-34)49(5,6)7/h11-28,30H,29H2,1-10H3/q+2. The topological polar surface area (TPSA) is 25.8 Å². The molecule has 2 aliphatic heterocycles. The Morgan fingerprint density at radius 2 is 1.47 bits per heavy atom. The average Bonchev–Trinajstić information content (AvgIpc) is 3.83. The van der Waals surface area contributed by atoms with Crippen LogP contribution in [0.15, 0.2) is 120 Å². The van der Waals surface area contributed by atoms with Crippen molar-refractivity contribution in [1.82, 2.24) is 4.57 Å². The Hall–Kier alpha value is -5.26. The van der Waals surface area contributed by atoms with Gasteiger partial charge >= 0.3 is 11.5 Å². The molecule has 55 heavy (non-hydrogen) atoms. The van der Waals surface area contributed by atoms with E-state index in [2.05, 4.69) is 197 Å². The van der Waals surface area contributed by atoms with Gasteiger partial charge in [0.25, 0.3) is 0 Å². The number of rotatable bonds is 3. The van der Waals surface area contributed by atoms with E-state index in [1.54, 1.807) is 0 Å². The highest BCUT2D eigenvalue weighted by atomic mass is 28.3. The zero-order valence-electron chi connectivity index (χ0n) is 33.9. The van der Waals surface area contributed by atoms with Crippen molar-refractivity contribution in [3.05, 3.63) is 143 Å². The summed E-state index contributed by atoms with van der Waals surface area (Å²) in [6, 6.07) is 41.2. The number of aryl methyl sites for hydroxylation is 1. The SMILES string of the molecule is Cc1ccc2c(c1)C1(c3ccc4c(oc5ccccc54)c3-c3n(-c4ccc(C(C)(C)C)cc4)c4ccccc4[n+]31)[n+]1cc([Si](C)(C)C)c(CC(C)(C)C)cc1-2. The van der Waals surface area contributed by atoms with E-state index in [9.17, 15) is 0 Å². The van der Waals surface area contributed by atoms with E-state index in [-0.39, 0.29) is 10.8 Å². The van der Waals surface area contributed by atoms with Gasteiger partial charge in [0, 0.05) is 22.0 Å². The molecule has 5 heterocycles. The van der Waals surface area contributed by atoms with E-state index in [0.717, 1.165) is 45.4 Å². The molecule has 2 aliphatic rings. The van der Waals surface area contributed by atoms with Crippen molar-refractivity contribution in [2.75, 3.05) is 0 Å². The van der Waals surface area contributed by atoms with Crippen LogP contribution in [-0.2, 0) is 17.5 Å². The quantitative estimate of drug-likeness (QED) is 0.131. The van der Waals surface area contributed by atoms with Crippen molar-refractivity contribution in [2.45, 2.75) is 85.6 Å². The second kappa shape index (κ2) is 11.2. The van der Waals surface area contributed by atoms with Gasteiger partial charge in [-0.1, -0.05) is 115 Å². The summed E-state index contributed by atoms with van der Waals surface area (Å²) in [6.07, 6.45) is 3.62. The number of aromatic nitrogens is 3. The van der Waals surface area contributed by atoms with Crippen LogP contribution in [0.4, 0.5) is 0 Å². The van der Waals surface area contributed by atoms with Gasteiger partial charge in [0.15, 0.2) is 22.8 Å². The molecule has 5 aromatic carbocycles. The van der Waals surface area contributed by atoms with Gasteiger partial charge in [-0.05, 0) is 89.9 Å². The smallest absolute Gasteiger partial charge is 0.364 e. The van der Waals surface area contributed by atoms with Gasteiger partial charge in [-0.2, -0.15) is 4.57 Å². The Kier molecular flexibility index (Phi) is 6.95. The van der Waals surface area contributed by atoms with E-state index in [1.165, 1.54) is 55.3 Å². The number of hydrogen-bond acceptors (Lipinski definition) is 1. The molecule has 4 nitrogen and oxygen atoms in total. The normalized spacial score (nSPS) is 16.3. The molecule has 0 amide bonds. The van der Waals surface area contributed by atoms with E-state index in [4.69, 9.17) is 4.42 Å². The van der Waals surface area contributed by atoms with Gasteiger partial charge in [-0.25, -0.2) is 0 Å². The monoisotopic (exact) mass is 737 g/mol. The molecule has 3 aromatic heterocycles. The lowest BCUT2D eigenvalue weighted by molar-refractivity contribution is -0.944. The lowest BCUT2D eigenvalue weighted by Gasteiger charge is -2.26. The van der Waals surface area contributed by atoms with Crippen LogP contribution in [0.25, 0.3) is 61.3 Å². The molecule has 0 saturated heterocycles. The first-order valence-corrected chi connectivity index (χ1v) is 23.4. The second-order valence-corrected chi connectivity index (χ2v) is 24.5. The third-order valence-electron chi connectivity index (χ3n) is 12.1. The van der Waals surface area contributed by atoms with Crippen LogP contribution in [0.2, 0.25) is 19.6 Å². The fraction of sp³-hybridized carbons (Fsp3) is 0.280. The molecular formula is C50H51N3OSi+2. The van der Waals surface area contributed by atoms with Crippen molar-refractivity contribution < 1.29 is 13.6 Å². The second-order valence-electron chi connectivity index (χ2n) is 19.4. The summed E-state index contributed by atoms with van der Waals surface area (Å²) in [5.41, 5.74) is 15.2. The maximum absolute atomic E-state index is 7.03. The first-order chi connectivity index (χ1) is 26.1. The lowest BCUT2D eigenvalue weighted by Crippen LogP contribution is -2.72. The fourth-order valence-corrected chi connectivity index (χ4v) is 11.4. The summed E-state index contributed by atoms with van der Waals surface area (Å²) >= 11 is 0. The highest BCUT2D eigenvalue weighted by Crippen LogP contribution is 2.52. The Balaban J connectivity index is 1.43. The van der Waals surface area contributed by atoms with Gasteiger partial charge in [0.1, 0.15) is 16.8 Å². The average molecular weight is 738 g/mol. The Labute approximate surface area is 325 Å². The maximum atomic E-state index is 7.03. The van der Waals surface area contributed by atoms with Gasteiger partial charge in [-0.15, -0.1) is 9.13 Å². The van der Waals surface area contributed by atoms with Gasteiger partial charge < -0.3 is 4.42 Å². The Bertz CT molecular complexity index is 2910. The molecule has 0 bridgehead atoms. The number of imidazole rings is 1. The lowest BCUT2D eigenvalue weighted by atomic mass is 9.87. The molecule has 10 rings (SSSR count). The Morgan fingerprint density at radius 3 is 2.20 bits per heavy atom. The molecule has 0 fully saturated rings. The molecule has 274 valence electrons. The summed E-state index contributed by atoms with van der Waals surface area (Å²) in [6.45, 7) is 23.7. The molecule has 5 heteroatoms. The van der Waals surface area contributed by atoms with Crippen LogP contribution < -0.4 is 14.3 Å². The van der Waals surface area contributed by atoms with Crippen LogP contribution >= 0.6 is 0 Å².